The second kappa shape index (κ2) is 17.8. The van der Waals surface area contributed by atoms with Gasteiger partial charge in [-0.3, -0.25) is 0 Å². The zero-order chi connectivity index (χ0) is 0. The minimum Gasteiger partial charge on any atom is -0.114 e. The first kappa shape index (κ1) is 31.5. The lowest BCUT2D eigenvalue weighted by molar-refractivity contribution is 5.75. The summed E-state index contributed by atoms with van der Waals surface area (Å²) in [4.78, 5) is 0. The predicted octanol–water partition coefficient (Wildman–Crippen LogP) is -0.677. The molecule has 0 bridgehead atoms. The Morgan fingerprint density at radius 2 is 0.500 bits per heavy atom. The van der Waals surface area contributed by atoms with Crippen LogP contribution >= 0.6 is 34.0 Å². The van der Waals surface area contributed by atoms with E-state index in [0.29, 0.717) is 0 Å². The summed E-state index contributed by atoms with van der Waals surface area (Å²) in [5.74, 6) is 0. The van der Waals surface area contributed by atoms with E-state index in [1.54, 1.807) is 0 Å². The lowest BCUT2D eigenvalue weighted by Gasteiger charge is -0.115. The van der Waals surface area contributed by atoms with Gasteiger partial charge >= 0.3 is 46.1 Å². The zero-order valence-corrected chi connectivity index (χ0v) is 4.24. The van der Waals surface area contributed by atoms with Crippen LogP contribution in [0.1, 0.15) is 0 Å². The molecule has 0 aromatic heterocycles. The molecule has 0 nitrogen and oxygen atoms in total. The fourth-order valence-electron chi connectivity index (χ4n) is 0. The highest BCUT2D eigenvalue weighted by Gasteiger charge is 0.317. The topological polar surface area (TPSA) is 0 Å². The van der Waals surface area contributed by atoms with Gasteiger partial charge in [0, 0.05) is 0 Å². The molecule has 0 saturated heterocycles. The standard InChI is InChI=1S/2BrH.2Mg.4H/h2*1H;;;;;;. The van der Waals surface area contributed by atoms with Gasteiger partial charge in [0.05, 0.1) is 0 Å². The van der Waals surface area contributed by atoms with Gasteiger partial charge < -0.3 is 0 Å². The van der Waals surface area contributed by atoms with Crippen molar-refractivity contribution >= 4 is 80.1 Å². The molecule has 0 aliphatic rings. The lowest BCUT2D eigenvalue weighted by atomic mass is 24.3. The summed E-state index contributed by atoms with van der Waals surface area (Å²) in [5, 5.41) is 0. The monoisotopic (exact) mass is 212 g/mol. The van der Waals surface area contributed by atoms with E-state index in [-0.39, 0.29) is 80.1 Å². The van der Waals surface area contributed by atoms with E-state index in [9.17, 15) is 0 Å². The molecule has 0 aromatic carbocycles. The van der Waals surface area contributed by atoms with Crippen LogP contribution in [0, 0.1) is 0 Å². The molecule has 0 spiro atoms. The van der Waals surface area contributed by atoms with Gasteiger partial charge in [-0.1, -0.05) is 0 Å². The van der Waals surface area contributed by atoms with Gasteiger partial charge in [-0.05, 0) is 0 Å². The highest BCUT2D eigenvalue weighted by Crippen LogP contribution is 0.847. The first-order chi connectivity index (χ1) is 0. The molecule has 0 atom stereocenters. The summed E-state index contributed by atoms with van der Waals surface area (Å²) in [7, 11) is 0. The van der Waals surface area contributed by atoms with Crippen molar-refractivity contribution in [1.82, 2.24) is 0 Å². The van der Waals surface area contributed by atoms with Crippen LogP contribution in [0.25, 0.3) is 0 Å². The highest BCUT2D eigenvalue weighted by atomic mass is 79.9. The van der Waals surface area contributed by atoms with Crippen molar-refractivity contribution in [3.8, 4) is 0 Å². The Kier molecular flexibility index (Phi) is 141. The van der Waals surface area contributed by atoms with Gasteiger partial charge in [0.1, 0.15) is 0 Å². The van der Waals surface area contributed by atoms with Gasteiger partial charge in [0.15, 0.2) is 0 Å². The maximum absolute atomic E-state index is 0. The Hall–Kier alpha value is 2.49. The van der Waals surface area contributed by atoms with Gasteiger partial charge in [-0.2, -0.15) is 0 Å². The van der Waals surface area contributed by atoms with E-state index in [2.05, 4.69) is 0 Å². The molecular weight excluding hydrogens is 208 g/mol. The molecule has 0 amide bonds. The van der Waals surface area contributed by atoms with E-state index in [1.807, 2.05) is 0 Å². The maximum Gasteiger partial charge on any atom is 0.316 e. The third kappa shape index (κ3) is 8.82. The second-order valence-electron chi connectivity index (χ2n) is 0. The Bertz CT molecular complexity index is 4.00. The number of hydrogen-bond donors (Lipinski definition) is 0. The second-order valence-corrected chi connectivity index (χ2v) is 0. The first-order valence-corrected chi connectivity index (χ1v) is 0. The maximum atomic E-state index is 0. The van der Waals surface area contributed by atoms with Gasteiger partial charge in [-0.15, -0.1) is 34.0 Å². The van der Waals surface area contributed by atoms with Crippen molar-refractivity contribution in [2.24, 2.45) is 0 Å². The number of rotatable bonds is 0. The normalized spacial score (nSPS) is 0. The van der Waals surface area contributed by atoms with Crippen molar-refractivity contribution in [1.29, 1.82) is 0 Å². The molecule has 0 fully saturated rings. The third-order valence-electron chi connectivity index (χ3n) is 0. The van der Waals surface area contributed by atoms with E-state index in [4.69, 9.17) is 0 Å². The van der Waals surface area contributed by atoms with Crippen LogP contribution in [0.4, 0.5) is 0 Å². The average Bonchev–Trinajstić information content (AvgIpc) is 0. The summed E-state index contributed by atoms with van der Waals surface area (Å²) >= 11 is 0. The fourth-order valence-corrected chi connectivity index (χ4v) is 0. The average molecular weight is 214 g/mol. The molecule has 0 aromatic rings. The molecule has 0 unspecified atom stereocenters. The van der Waals surface area contributed by atoms with E-state index in [1.165, 1.54) is 0 Å². The lowest BCUT2D eigenvalue weighted by Crippen LogP contribution is -0.382. The summed E-state index contributed by atoms with van der Waals surface area (Å²) in [5.41, 5.74) is 0. The van der Waals surface area contributed by atoms with Crippen LogP contribution in [-0.4, -0.2) is 46.1 Å². The van der Waals surface area contributed by atoms with E-state index >= 15 is 0 Å². The Labute approximate surface area is 78.9 Å². The molecule has 4 heteroatoms. The van der Waals surface area contributed by atoms with Gasteiger partial charge in [-0.25, -0.2) is 0 Å². The van der Waals surface area contributed by atoms with Crippen LogP contribution in [0.3, 0.4) is 0 Å². The molecule has 0 aliphatic heterocycles. The smallest absolute Gasteiger partial charge is 0.114 e. The minimum atomic E-state index is 0. The quantitative estimate of drug-likeness (QED) is 0.469. The molecular formula is H6Br2Mg2. The summed E-state index contributed by atoms with van der Waals surface area (Å²) in [6.45, 7) is 0. The molecule has 0 N–H and O–H groups in total. The van der Waals surface area contributed by atoms with E-state index in [0.717, 1.165) is 0 Å². The van der Waals surface area contributed by atoms with Crippen LogP contribution in [0.5, 0.6) is 0 Å². The Balaban J connectivity index is 0. The van der Waals surface area contributed by atoms with Crippen LogP contribution in [0.2, 0.25) is 0 Å². The van der Waals surface area contributed by atoms with Crippen molar-refractivity contribution in [3.05, 3.63) is 0 Å². The minimum absolute atomic E-state index is 0. The zero-order valence-electron chi connectivity index (χ0n) is 0.816. The van der Waals surface area contributed by atoms with Crippen LogP contribution in [0.15, 0.2) is 0 Å². The van der Waals surface area contributed by atoms with E-state index < -0.39 is 0 Å². The van der Waals surface area contributed by atoms with Crippen molar-refractivity contribution in [2.45, 2.75) is 0 Å². The predicted molar refractivity (Wildman–Crippen MR) is 37.7 cm³/mol. The van der Waals surface area contributed by atoms with Crippen molar-refractivity contribution < 1.29 is 0 Å². The van der Waals surface area contributed by atoms with Gasteiger partial charge in [0.25, 0.3) is 0 Å². The van der Waals surface area contributed by atoms with Crippen molar-refractivity contribution in [3.63, 3.8) is 0 Å². The number of halogens is 2. The molecule has 0 radical (unpaired) electrons. The molecule has 0 rings (SSSR count). The van der Waals surface area contributed by atoms with Crippen molar-refractivity contribution in [2.75, 3.05) is 0 Å². The fraction of sp³-hybridized carbons (Fsp3) is 0. The summed E-state index contributed by atoms with van der Waals surface area (Å²) < 4.78 is 0. The highest BCUT2D eigenvalue weighted by molar-refractivity contribution is 8.93. The Morgan fingerprint density at radius 3 is 0.500 bits per heavy atom. The summed E-state index contributed by atoms with van der Waals surface area (Å²) in [6.07, 6.45) is 0. The Morgan fingerprint density at radius 1 is 0.500 bits per heavy atom. The largest absolute Gasteiger partial charge is 0.316 e. The molecule has 0 saturated carbocycles. The molecule has 0 aliphatic carbocycles. The third-order valence-corrected chi connectivity index (χ3v) is 0. The number of hydrogen-bond acceptors (Lipinski definition) is 0. The molecule has 24 valence electrons. The molecule has 0 heterocycles. The van der Waals surface area contributed by atoms with Crippen LogP contribution < -0.4 is 0 Å². The van der Waals surface area contributed by atoms with Gasteiger partial charge in [0.2, 0.25) is 0 Å². The molecule has 4 heavy (non-hydrogen) atoms. The first-order valence-electron chi connectivity index (χ1n) is 0. The SMILES string of the molecule is Br.Br.[MgH2].[MgH2]. The summed E-state index contributed by atoms with van der Waals surface area (Å²) in [6, 6.07) is 0. The van der Waals surface area contributed by atoms with Crippen LogP contribution in [-0.2, 0) is 0 Å².